The number of halogens is 1. The molecule has 104 valence electrons. The van der Waals surface area contributed by atoms with Gasteiger partial charge in [0, 0.05) is 23.2 Å². The molecule has 0 saturated carbocycles. The molecular weight excluding hydrogens is 263 g/mol. The molecule has 5 N–H and O–H groups in total. The zero-order chi connectivity index (χ0) is 14.7. The lowest BCUT2D eigenvalue weighted by Crippen LogP contribution is -2.39. The van der Waals surface area contributed by atoms with Gasteiger partial charge in [0.2, 0.25) is 11.8 Å². The molecule has 1 aromatic carbocycles. The maximum atomic E-state index is 13.5. The van der Waals surface area contributed by atoms with E-state index in [1.165, 1.54) is 24.5 Å². The second-order valence-corrected chi connectivity index (χ2v) is 4.32. The summed E-state index contributed by atoms with van der Waals surface area (Å²) < 4.78 is 13.5. The largest absolute Gasteiger partial charge is 0.370 e. The summed E-state index contributed by atoms with van der Waals surface area (Å²) in [6.45, 7) is 0. The van der Waals surface area contributed by atoms with E-state index < -0.39 is 23.7 Å². The highest BCUT2D eigenvalue weighted by molar-refractivity contribution is 6.04. The molecule has 1 aromatic heterocycles. The molecule has 0 aliphatic rings. The van der Waals surface area contributed by atoms with E-state index in [4.69, 9.17) is 11.5 Å². The minimum Gasteiger partial charge on any atom is -0.370 e. The van der Waals surface area contributed by atoms with Gasteiger partial charge in [-0.3, -0.25) is 14.6 Å². The second kappa shape index (κ2) is 5.62. The fraction of sp³-hybridized carbons (Fsp3) is 0.154. The molecule has 0 aliphatic carbocycles. The predicted molar refractivity (Wildman–Crippen MR) is 72.1 cm³/mol. The number of aromatic nitrogens is 1. The Morgan fingerprint density at radius 2 is 2.15 bits per heavy atom. The smallest absolute Gasteiger partial charge is 0.241 e. The van der Waals surface area contributed by atoms with Crippen LogP contribution in [0.2, 0.25) is 0 Å². The number of carbonyl (C=O) groups excluding carboxylic acids is 2. The number of pyridine rings is 1. The summed E-state index contributed by atoms with van der Waals surface area (Å²) >= 11 is 0. The Labute approximate surface area is 114 Å². The molecule has 2 rings (SSSR count). The van der Waals surface area contributed by atoms with Gasteiger partial charge in [-0.05, 0) is 18.2 Å². The van der Waals surface area contributed by atoms with Crippen LogP contribution in [0.5, 0.6) is 0 Å². The van der Waals surface area contributed by atoms with Gasteiger partial charge in [-0.2, -0.15) is 0 Å². The number of amides is 2. The number of nitrogens with zero attached hydrogens (tertiary/aromatic N) is 1. The third-order valence-corrected chi connectivity index (χ3v) is 2.73. The first-order chi connectivity index (χ1) is 9.47. The average Bonchev–Trinajstić information content (AvgIpc) is 2.37. The number of rotatable bonds is 4. The topological polar surface area (TPSA) is 111 Å². The van der Waals surface area contributed by atoms with E-state index in [2.05, 4.69) is 10.3 Å². The van der Waals surface area contributed by atoms with Crippen molar-refractivity contribution >= 4 is 28.3 Å². The summed E-state index contributed by atoms with van der Waals surface area (Å²) in [4.78, 5) is 26.4. The van der Waals surface area contributed by atoms with Crippen molar-refractivity contribution in [3.8, 4) is 0 Å². The molecule has 20 heavy (non-hydrogen) atoms. The molecule has 0 saturated heterocycles. The van der Waals surface area contributed by atoms with Gasteiger partial charge >= 0.3 is 0 Å². The van der Waals surface area contributed by atoms with Gasteiger partial charge in [-0.1, -0.05) is 0 Å². The standard InChI is InChI=1S/C13H13FN4O2/c14-8-3-7-6-17-2-1-9(7)11(4-8)18-13(20)10(15)5-12(16)19/h1-4,6,10H,5,15H2,(H2,16,19)(H,18,20)/t10-/m0/s1. The molecule has 0 fully saturated rings. The number of fused-ring (bicyclic) bond motifs is 1. The summed E-state index contributed by atoms with van der Waals surface area (Å²) in [5.41, 5.74) is 10.8. The van der Waals surface area contributed by atoms with Crippen molar-refractivity contribution in [3.05, 3.63) is 36.4 Å². The summed E-state index contributed by atoms with van der Waals surface area (Å²) in [6.07, 6.45) is 2.73. The van der Waals surface area contributed by atoms with E-state index in [1.54, 1.807) is 6.07 Å². The number of nitrogens with one attached hydrogen (secondary N) is 1. The van der Waals surface area contributed by atoms with Crippen molar-refractivity contribution in [2.24, 2.45) is 11.5 Å². The SMILES string of the molecule is NC(=O)C[C@H](N)C(=O)Nc1cc(F)cc2cnccc12. The van der Waals surface area contributed by atoms with Gasteiger partial charge in [0.1, 0.15) is 5.82 Å². The van der Waals surface area contributed by atoms with E-state index in [0.29, 0.717) is 10.8 Å². The minimum absolute atomic E-state index is 0.271. The van der Waals surface area contributed by atoms with E-state index in [0.717, 1.165) is 0 Å². The van der Waals surface area contributed by atoms with E-state index in [-0.39, 0.29) is 12.1 Å². The molecule has 0 spiro atoms. The molecule has 2 amide bonds. The number of anilines is 1. The number of carbonyl (C=O) groups is 2. The van der Waals surface area contributed by atoms with Crippen molar-refractivity contribution < 1.29 is 14.0 Å². The molecular formula is C13H13FN4O2. The highest BCUT2D eigenvalue weighted by Gasteiger charge is 2.17. The zero-order valence-corrected chi connectivity index (χ0v) is 10.5. The van der Waals surface area contributed by atoms with Crippen LogP contribution in [0.3, 0.4) is 0 Å². The fourth-order valence-corrected chi connectivity index (χ4v) is 1.81. The lowest BCUT2D eigenvalue weighted by atomic mass is 10.1. The van der Waals surface area contributed by atoms with Crippen LogP contribution < -0.4 is 16.8 Å². The Balaban J connectivity index is 2.29. The minimum atomic E-state index is -1.08. The first-order valence-electron chi connectivity index (χ1n) is 5.85. The summed E-state index contributed by atoms with van der Waals surface area (Å²) in [5, 5.41) is 3.66. The molecule has 0 unspecified atom stereocenters. The van der Waals surface area contributed by atoms with Crippen LogP contribution in [-0.2, 0) is 9.59 Å². The quantitative estimate of drug-likeness (QED) is 0.755. The lowest BCUT2D eigenvalue weighted by molar-refractivity contribution is -0.123. The molecule has 7 heteroatoms. The van der Waals surface area contributed by atoms with Crippen LogP contribution >= 0.6 is 0 Å². The summed E-state index contributed by atoms with van der Waals surface area (Å²) in [5.74, 6) is -1.79. The van der Waals surface area contributed by atoms with Crippen LogP contribution in [0.15, 0.2) is 30.6 Å². The maximum Gasteiger partial charge on any atom is 0.241 e. The average molecular weight is 276 g/mol. The van der Waals surface area contributed by atoms with Gasteiger partial charge in [0.25, 0.3) is 0 Å². The van der Waals surface area contributed by atoms with Crippen molar-refractivity contribution in [2.45, 2.75) is 12.5 Å². The lowest BCUT2D eigenvalue weighted by Gasteiger charge is -2.12. The Kier molecular flexibility index (Phi) is 3.90. The van der Waals surface area contributed by atoms with Crippen LogP contribution in [0.4, 0.5) is 10.1 Å². The number of nitrogens with two attached hydrogens (primary N) is 2. The number of benzene rings is 1. The maximum absolute atomic E-state index is 13.5. The highest BCUT2D eigenvalue weighted by atomic mass is 19.1. The third-order valence-electron chi connectivity index (χ3n) is 2.73. The van der Waals surface area contributed by atoms with Crippen molar-refractivity contribution in [1.29, 1.82) is 0 Å². The molecule has 0 aliphatic heterocycles. The molecule has 0 bridgehead atoms. The molecule has 6 nitrogen and oxygen atoms in total. The summed E-state index contributed by atoms with van der Waals surface area (Å²) in [7, 11) is 0. The van der Waals surface area contributed by atoms with Gasteiger partial charge in [0.05, 0.1) is 18.2 Å². The van der Waals surface area contributed by atoms with E-state index >= 15 is 0 Å². The highest BCUT2D eigenvalue weighted by Crippen LogP contribution is 2.24. The van der Waals surface area contributed by atoms with Gasteiger partial charge in [-0.25, -0.2) is 4.39 Å². The fourth-order valence-electron chi connectivity index (χ4n) is 1.81. The number of hydrogen-bond donors (Lipinski definition) is 3. The normalized spacial score (nSPS) is 12.1. The van der Waals surface area contributed by atoms with Crippen molar-refractivity contribution in [1.82, 2.24) is 4.98 Å². The van der Waals surface area contributed by atoms with Crippen LogP contribution in [-0.4, -0.2) is 22.8 Å². The van der Waals surface area contributed by atoms with Gasteiger partial charge < -0.3 is 16.8 Å². The van der Waals surface area contributed by atoms with Crippen LogP contribution in [0.25, 0.3) is 10.8 Å². The van der Waals surface area contributed by atoms with Crippen molar-refractivity contribution in [2.75, 3.05) is 5.32 Å². The third kappa shape index (κ3) is 3.07. The molecule has 2 aromatic rings. The Hall–Kier alpha value is -2.54. The molecule has 0 radical (unpaired) electrons. The first kappa shape index (κ1) is 13.9. The second-order valence-electron chi connectivity index (χ2n) is 4.32. The zero-order valence-electron chi connectivity index (χ0n) is 10.5. The first-order valence-corrected chi connectivity index (χ1v) is 5.85. The Bertz CT molecular complexity index is 674. The molecule has 1 heterocycles. The van der Waals surface area contributed by atoms with Gasteiger partial charge in [-0.15, -0.1) is 0 Å². The number of primary amides is 1. The number of hydrogen-bond acceptors (Lipinski definition) is 4. The Morgan fingerprint density at radius 1 is 1.40 bits per heavy atom. The van der Waals surface area contributed by atoms with Gasteiger partial charge in [0.15, 0.2) is 0 Å². The monoisotopic (exact) mass is 276 g/mol. The Morgan fingerprint density at radius 3 is 2.85 bits per heavy atom. The van der Waals surface area contributed by atoms with E-state index in [9.17, 15) is 14.0 Å². The van der Waals surface area contributed by atoms with Crippen molar-refractivity contribution in [3.63, 3.8) is 0 Å². The predicted octanol–water partition coefficient (Wildman–Crippen LogP) is 0.515. The van der Waals surface area contributed by atoms with E-state index in [1.807, 2.05) is 0 Å². The van der Waals surface area contributed by atoms with Crippen LogP contribution in [0.1, 0.15) is 6.42 Å². The summed E-state index contributed by atoms with van der Waals surface area (Å²) in [6, 6.07) is 3.05. The van der Waals surface area contributed by atoms with Crippen LogP contribution in [0, 0.1) is 5.82 Å². The molecule has 1 atom stereocenters.